The van der Waals surface area contributed by atoms with Crippen molar-refractivity contribution in [2.75, 3.05) is 31.1 Å². The maximum Gasteiger partial charge on any atom is 0.239 e. The van der Waals surface area contributed by atoms with E-state index in [4.69, 9.17) is 5.73 Å². The molecule has 0 unspecified atom stereocenters. The van der Waals surface area contributed by atoms with Crippen LogP contribution in [-0.4, -0.2) is 53.0 Å². The predicted octanol–water partition coefficient (Wildman–Crippen LogP) is 0.316. The van der Waals surface area contributed by atoms with E-state index >= 15 is 0 Å². The molecule has 2 heterocycles. The van der Waals surface area contributed by atoms with E-state index in [0.29, 0.717) is 13.1 Å². The number of carbonyl (C=O) groups excluding carboxylic acids is 1. The van der Waals surface area contributed by atoms with E-state index in [-0.39, 0.29) is 30.7 Å². The Bertz CT molecular complexity index is 382. The summed E-state index contributed by atoms with van der Waals surface area (Å²) in [4.78, 5) is 23.9. The Morgan fingerprint density at radius 3 is 2.37 bits per heavy atom. The first-order valence-electron chi connectivity index (χ1n) is 5.74. The molecule has 1 aromatic heterocycles. The molecule has 1 aliphatic heterocycles. The van der Waals surface area contributed by atoms with Crippen LogP contribution in [0.3, 0.4) is 0 Å². The van der Waals surface area contributed by atoms with Gasteiger partial charge in [-0.1, -0.05) is 0 Å². The molecule has 1 aromatic rings. The van der Waals surface area contributed by atoms with Crippen LogP contribution in [-0.2, 0) is 4.79 Å². The highest BCUT2D eigenvalue weighted by molar-refractivity contribution is 5.85. The summed E-state index contributed by atoms with van der Waals surface area (Å²) in [6, 6.07) is -0.418. The standard InChI is InChI=1S/C11H17N5O.2ClH/c1-9(12)11(17)16-6-4-15(5-7-16)10-8-13-2-3-14-10;;/h2-3,8-9H,4-7,12H2,1H3;2*1H/t9-;;/m0../s1. The number of nitrogens with two attached hydrogens (primary N) is 1. The molecule has 0 bridgehead atoms. The van der Waals surface area contributed by atoms with Crippen molar-refractivity contribution >= 4 is 36.5 Å². The van der Waals surface area contributed by atoms with Crippen LogP contribution in [0.1, 0.15) is 6.92 Å². The van der Waals surface area contributed by atoms with Crippen molar-refractivity contribution in [1.82, 2.24) is 14.9 Å². The third-order valence-corrected chi connectivity index (χ3v) is 2.85. The van der Waals surface area contributed by atoms with Crippen molar-refractivity contribution < 1.29 is 4.79 Å². The number of anilines is 1. The van der Waals surface area contributed by atoms with Gasteiger partial charge in [-0.25, -0.2) is 4.98 Å². The zero-order valence-corrected chi connectivity index (χ0v) is 12.4. The Kier molecular flexibility index (Phi) is 7.66. The van der Waals surface area contributed by atoms with Gasteiger partial charge < -0.3 is 15.5 Å². The molecule has 1 aliphatic rings. The summed E-state index contributed by atoms with van der Waals surface area (Å²) in [5, 5.41) is 0. The fourth-order valence-corrected chi connectivity index (χ4v) is 1.90. The number of amides is 1. The predicted molar refractivity (Wildman–Crippen MR) is 79.0 cm³/mol. The zero-order valence-electron chi connectivity index (χ0n) is 10.7. The number of nitrogens with zero attached hydrogens (tertiary/aromatic N) is 4. The fraction of sp³-hybridized carbons (Fsp3) is 0.545. The second-order valence-corrected chi connectivity index (χ2v) is 4.16. The number of aromatic nitrogens is 2. The summed E-state index contributed by atoms with van der Waals surface area (Å²) in [6.07, 6.45) is 5.07. The summed E-state index contributed by atoms with van der Waals surface area (Å²) >= 11 is 0. The van der Waals surface area contributed by atoms with Crippen LogP contribution in [0, 0.1) is 0 Å². The molecule has 108 valence electrons. The van der Waals surface area contributed by atoms with E-state index in [1.807, 2.05) is 0 Å². The minimum Gasteiger partial charge on any atom is -0.352 e. The molecule has 0 aromatic carbocycles. The Morgan fingerprint density at radius 1 is 1.26 bits per heavy atom. The minimum absolute atomic E-state index is 0. The van der Waals surface area contributed by atoms with Crippen molar-refractivity contribution in [2.45, 2.75) is 13.0 Å². The maximum atomic E-state index is 11.7. The third kappa shape index (κ3) is 4.49. The van der Waals surface area contributed by atoms with E-state index in [2.05, 4.69) is 14.9 Å². The highest BCUT2D eigenvalue weighted by atomic mass is 35.5. The van der Waals surface area contributed by atoms with Gasteiger partial charge in [0.15, 0.2) is 0 Å². The average molecular weight is 308 g/mol. The van der Waals surface area contributed by atoms with Gasteiger partial charge in [-0.2, -0.15) is 0 Å². The molecule has 8 heteroatoms. The molecule has 2 N–H and O–H groups in total. The van der Waals surface area contributed by atoms with Gasteiger partial charge in [-0.3, -0.25) is 9.78 Å². The lowest BCUT2D eigenvalue weighted by Crippen LogP contribution is -2.52. The quantitative estimate of drug-likeness (QED) is 0.851. The van der Waals surface area contributed by atoms with Crippen molar-refractivity contribution in [3.63, 3.8) is 0 Å². The first-order valence-corrected chi connectivity index (χ1v) is 5.74. The number of hydrogen-bond acceptors (Lipinski definition) is 5. The molecular weight excluding hydrogens is 289 g/mol. The molecule has 0 radical (unpaired) electrons. The van der Waals surface area contributed by atoms with E-state index in [1.165, 1.54) is 0 Å². The molecule has 1 amide bonds. The topological polar surface area (TPSA) is 75.4 Å². The Balaban J connectivity index is 0.00000162. The Labute approximate surface area is 125 Å². The largest absolute Gasteiger partial charge is 0.352 e. The highest BCUT2D eigenvalue weighted by Gasteiger charge is 2.23. The van der Waals surface area contributed by atoms with Crippen molar-refractivity contribution in [3.05, 3.63) is 18.6 Å². The number of rotatable bonds is 2. The van der Waals surface area contributed by atoms with E-state index in [1.54, 1.807) is 30.4 Å². The van der Waals surface area contributed by atoms with Crippen LogP contribution >= 0.6 is 24.8 Å². The Hall–Kier alpha value is -1.11. The summed E-state index contributed by atoms with van der Waals surface area (Å²) in [6.45, 7) is 4.65. The molecule has 6 nitrogen and oxygen atoms in total. The third-order valence-electron chi connectivity index (χ3n) is 2.85. The van der Waals surface area contributed by atoms with Crippen molar-refractivity contribution in [2.24, 2.45) is 5.73 Å². The summed E-state index contributed by atoms with van der Waals surface area (Å²) < 4.78 is 0. The van der Waals surface area contributed by atoms with Gasteiger partial charge in [0.25, 0.3) is 0 Å². The van der Waals surface area contributed by atoms with Crippen LogP contribution in [0.4, 0.5) is 5.82 Å². The van der Waals surface area contributed by atoms with Gasteiger partial charge in [-0.15, -0.1) is 24.8 Å². The molecule has 0 spiro atoms. The lowest BCUT2D eigenvalue weighted by Gasteiger charge is -2.35. The summed E-state index contributed by atoms with van der Waals surface area (Å²) in [5.74, 6) is 0.879. The molecule has 0 aliphatic carbocycles. The van der Waals surface area contributed by atoms with Gasteiger partial charge >= 0.3 is 0 Å². The van der Waals surface area contributed by atoms with Gasteiger partial charge in [0.05, 0.1) is 12.2 Å². The molecular formula is C11H19Cl2N5O. The highest BCUT2D eigenvalue weighted by Crippen LogP contribution is 2.11. The lowest BCUT2D eigenvalue weighted by molar-refractivity contribution is -0.132. The molecule has 0 saturated carbocycles. The SMILES string of the molecule is C[C@H](N)C(=O)N1CCN(c2cnccn2)CC1.Cl.Cl. The molecule has 19 heavy (non-hydrogen) atoms. The molecule has 2 rings (SSSR count). The van der Waals surface area contributed by atoms with E-state index in [9.17, 15) is 4.79 Å². The van der Waals surface area contributed by atoms with Gasteiger partial charge in [0.1, 0.15) is 5.82 Å². The van der Waals surface area contributed by atoms with Crippen LogP contribution in [0.5, 0.6) is 0 Å². The summed E-state index contributed by atoms with van der Waals surface area (Å²) in [7, 11) is 0. The number of halogens is 2. The van der Waals surface area contributed by atoms with Crippen LogP contribution in [0.15, 0.2) is 18.6 Å². The van der Waals surface area contributed by atoms with Gasteiger partial charge in [0.2, 0.25) is 5.91 Å². The monoisotopic (exact) mass is 307 g/mol. The number of carbonyl (C=O) groups is 1. The molecule has 1 fully saturated rings. The summed E-state index contributed by atoms with van der Waals surface area (Å²) in [5.41, 5.74) is 5.59. The van der Waals surface area contributed by atoms with Crippen molar-refractivity contribution in [1.29, 1.82) is 0 Å². The molecule has 1 saturated heterocycles. The van der Waals surface area contributed by atoms with Crippen LogP contribution in [0.2, 0.25) is 0 Å². The first kappa shape index (κ1) is 17.9. The smallest absolute Gasteiger partial charge is 0.239 e. The lowest BCUT2D eigenvalue weighted by atomic mass is 10.2. The average Bonchev–Trinajstić information content (AvgIpc) is 2.39. The van der Waals surface area contributed by atoms with Crippen LogP contribution in [0.25, 0.3) is 0 Å². The van der Waals surface area contributed by atoms with E-state index in [0.717, 1.165) is 18.9 Å². The minimum atomic E-state index is -0.418. The number of piperazine rings is 1. The second-order valence-electron chi connectivity index (χ2n) is 4.16. The van der Waals surface area contributed by atoms with Crippen molar-refractivity contribution in [3.8, 4) is 0 Å². The zero-order chi connectivity index (χ0) is 12.3. The second kappa shape index (κ2) is 8.14. The Morgan fingerprint density at radius 2 is 1.89 bits per heavy atom. The van der Waals surface area contributed by atoms with Gasteiger partial charge in [0, 0.05) is 38.6 Å². The van der Waals surface area contributed by atoms with E-state index < -0.39 is 6.04 Å². The first-order chi connectivity index (χ1) is 8.18. The van der Waals surface area contributed by atoms with Gasteiger partial charge in [-0.05, 0) is 6.92 Å². The maximum absolute atomic E-state index is 11.7. The normalized spacial score (nSPS) is 16.1. The number of hydrogen-bond donors (Lipinski definition) is 1. The van der Waals surface area contributed by atoms with Crippen LogP contribution < -0.4 is 10.6 Å². The molecule has 1 atom stereocenters. The fourth-order valence-electron chi connectivity index (χ4n) is 1.90.